The zero-order chi connectivity index (χ0) is 10.8. The summed E-state index contributed by atoms with van der Waals surface area (Å²) in [5.74, 6) is 0.470. The van der Waals surface area contributed by atoms with E-state index in [9.17, 15) is 0 Å². The van der Waals surface area contributed by atoms with Crippen molar-refractivity contribution in [3.8, 4) is 11.3 Å². The number of aromatic nitrogens is 1. The molecule has 0 fully saturated rings. The van der Waals surface area contributed by atoms with Crippen molar-refractivity contribution in [3.05, 3.63) is 40.1 Å². The van der Waals surface area contributed by atoms with Gasteiger partial charge in [0.2, 0.25) is 0 Å². The Morgan fingerprint density at radius 1 is 1.40 bits per heavy atom. The lowest BCUT2D eigenvalue weighted by molar-refractivity contribution is 0.229. The summed E-state index contributed by atoms with van der Waals surface area (Å²) in [5.41, 5.74) is 2.87. The van der Waals surface area contributed by atoms with Gasteiger partial charge in [0, 0.05) is 16.1 Å². The number of aliphatic hydroxyl groups excluding tert-OH is 1. The monoisotopic (exact) mass is 267 g/mol. The molecule has 0 saturated heterocycles. The van der Waals surface area contributed by atoms with Gasteiger partial charge in [0.25, 0.3) is 0 Å². The quantitative estimate of drug-likeness (QED) is 0.910. The summed E-state index contributed by atoms with van der Waals surface area (Å²) >= 11 is 3.47. The van der Waals surface area contributed by atoms with Crippen LogP contribution < -0.4 is 0 Å². The Kier molecular flexibility index (Phi) is 2.88. The summed E-state index contributed by atoms with van der Waals surface area (Å²) in [5, 5.41) is 12.7. The fourth-order valence-corrected chi connectivity index (χ4v) is 2.04. The van der Waals surface area contributed by atoms with Gasteiger partial charge in [-0.3, -0.25) is 0 Å². The molecule has 0 atom stereocenters. The predicted octanol–water partition coefficient (Wildman–Crippen LogP) is 2.90. The fraction of sp³-hybridized carbons (Fsp3) is 0.182. The number of rotatable bonds is 2. The SMILES string of the molecule is Cc1ccc(-c2cc(CO)on2)c(Br)c1. The lowest BCUT2D eigenvalue weighted by Crippen LogP contribution is -1.81. The Bertz CT molecular complexity index is 479. The lowest BCUT2D eigenvalue weighted by atomic mass is 10.1. The molecule has 0 aliphatic carbocycles. The molecular weight excluding hydrogens is 258 g/mol. The van der Waals surface area contributed by atoms with Crippen molar-refractivity contribution >= 4 is 15.9 Å². The van der Waals surface area contributed by atoms with Gasteiger partial charge in [-0.15, -0.1) is 0 Å². The minimum absolute atomic E-state index is 0.128. The van der Waals surface area contributed by atoms with Gasteiger partial charge in [0.1, 0.15) is 12.3 Å². The highest BCUT2D eigenvalue weighted by atomic mass is 79.9. The highest BCUT2D eigenvalue weighted by Crippen LogP contribution is 2.28. The molecule has 1 aromatic carbocycles. The first-order valence-corrected chi connectivity index (χ1v) is 5.33. The van der Waals surface area contributed by atoms with Crippen molar-refractivity contribution < 1.29 is 9.63 Å². The van der Waals surface area contributed by atoms with Gasteiger partial charge in [0.05, 0.1) is 0 Å². The predicted molar refractivity (Wildman–Crippen MR) is 60.3 cm³/mol. The molecule has 0 radical (unpaired) electrons. The van der Waals surface area contributed by atoms with Gasteiger partial charge in [-0.2, -0.15) is 0 Å². The topological polar surface area (TPSA) is 46.3 Å². The van der Waals surface area contributed by atoms with Gasteiger partial charge in [0.15, 0.2) is 5.76 Å². The Hall–Kier alpha value is -1.13. The molecule has 1 aromatic heterocycles. The molecule has 0 saturated carbocycles. The molecule has 0 bridgehead atoms. The number of halogens is 1. The summed E-state index contributed by atoms with van der Waals surface area (Å²) in [6.07, 6.45) is 0. The van der Waals surface area contributed by atoms with E-state index in [0.717, 1.165) is 15.7 Å². The molecule has 4 heteroatoms. The molecule has 1 heterocycles. The lowest BCUT2D eigenvalue weighted by Gasteiger charge is -2.00. The summed E-state index contributed by atoms with van der Waals surface area (Å²) < 4.78 is 5.91. The van der Waals surface area contributed by atoms with Crippen LogP contribution in [0, 0.1) is 6.92 Å². The zero-order valence-electron chi connectivity index (χ0n) is 8.20. The third-order valence-electron chi connectivity index (χ3n) is 2.12. The highest BCUT2D eigenvalue weighted by Gasteiger charge is 2.08. The number of nitrogens with zero attached hydrogens (tertiary/aromatic N) is 1. The van der Waals surface area contributed by atoms with Gasteiger partial charge >= 0.3 is 0 Å². The second-order valence-corrected chi connectivity index (χ2v) is 4.17. The molecule has 0 unspecified atom stereocenters. The van der Waals surface area contributed by atoms with Gasteiger partial charge in [-0.1, -0.05) is 33.2 Å². The minimum atomic E-state index is -0.128. The van der Waals surface area contributed by atoms with Gasteiger partial charge < -0.3 is 9.63 Å². The normalized spacial score (nSPS) is 10.6. The summed E-state index contributed by atoms with van der Waals surface area (Å²) in [7, 11) is 0. The maximum absolute atomic E-state index is 8.87. The molecule has 2 aromatic rings. The van der Waals surface area contributed by atoms with Crippen molar-refractivity contribution in [2.24, 2.45) is 0 Å². The van der Waals surface area contributed by atoms with Crippen LogP contribution in [0.4, 0.5) is 0 Å². The molecule has 2 rings (SSSR count). The highest BCUT2D eigenvalue weighted by molar-refractivity contribution is 9.10. The Morgan fingerprint density at radius 3 is 2.80 bits per heavy atom. The molecule has 0 amide bonds. The number of aryl methyl sites for hydroxylation is 1. The first kappa shape index (κ1) is 10.4. The van der Waals surface area contributed by atoms with Crippen LogP contribution in [-0.2, 0) is 6.61 Å². The summed E-state index contributed by atoms with van der Waals surface area (Å²) in [6.45, 7) is 1.90. The third kappa shape index (κ3) is 2.11. The van der Waals surface area contributed by atoms with E-state index in [1.807, 2.05) is 25.1 Å². The van der Waals surface area contributed by atoms with Crippen LogP contribution in [0.25, 0.3) is 11.3 Å². The standard InChI is InChI=1S/C11H10BrNO2/c1-7-2-3-9(10(12)4-7)11-5-8(6-14)15-13-11/h2-5,14H,6H2,1H3. The summed E-state index contributed by atoms with van der Waals surface area (Å²) in [6, 6.07) is 7.73. The number of benzene rings is 1. The number of aliphatic hydroxyl groups is 1. The van der Waals surface area contributed by atoms with E-state index in [-0.39, 0.29) is 6.61 Å². The molecular formula is C11H10BrNO2. The molecule has 15 heavy (non-hydrogen) atoms. The third-order valence-corrected chi connectivity index (χ3v) is 2.77. The molecule has 0 aliphatic rings. The van der Waals surface area contributed by atoms with Crippen LogP contribution in [0.3, 0.4) is 0 Å². The Morgan fingerprint density at radius 2 is 2.20 bits per heavy atom. The van der Waals surface area contributed by atoms with Crippen LogP contribution in [0.1, 0.15) is 11.3 Å². The van der Waals surface area contributed by atoms with E-state index < -0.39 is 0 Å². The van der Waals surface area contributed by atoms with E-state index in [0.29, 0.717) is 5.76 Å². The average molecular weight is 268 g/mol. The largest absolute Gasteiger partial charge is 0.388 e. The zero-order valence-corrected chi connectivity index (χ0v) is 9.78. The van der Waals surface area contributed by atoms with Crippen LogP contribution in [0.5, 0.6) is 0 Å². The van der Waals surface area contributed by atoms with E-state index in [4.69, 9.17) is 9.63 Å². The van der Waals surface area contributed by atoms with Gasteiger partial charge in [-0.05, 0) is 18.6 Å². The maximum atomic E-state index is 8.87. The first-order valence-electron chi connectivity index (χ1n) is 4.53. The van der Waals surface area contributed by atoms with E-state index in [1.54, 1.807) is 6.07 Å². The molecule has 3 nitrogen and oxygen atoms in total. The average Bonchev–Trinajstić information content (AvgIpc) is 2.66. The maximum Gasteiger partial charge on any atom is 0.162 e. The van der Waals surface area contributed by atoms with E-state index in [1.165, 1.54) is 5.56 Å². The molecule has 0 spiro atoms. The number of hydrogen-bond acceptors (Lipinski definition) is 3. The van der Waals surface area contributed by atoms with Crippen molar-refractivity contribution in [2.45, 2.75) is 13.5 Å². The van der Waals surface area contributed by atoms with Gasteiger partial charge in [-0.25, -0.2) is 0 Å². The molecule has 1 N–H and O–H groups in total. The Balaban J connectivity index is 2.44. The molecule has 0 aliphatic heterocycles. The second kappa shape index (κ2) is 4.16. The van der Waals surface area contributed by atoms with Crippen LogP contribution in [0.2, 0.25) is 0 Å². The fourth-order valence-electron chi connectivity index (χ4n) is 1.34. The van der Waals surface area contributed by atoms with Crippen molar-refractivity contribution in [1.29, 1.82) is 0 Å². The van der Waals surface area contributed by atoms with E-state index >= 15 is 0 Å². The smallest absolute Gasteiger partial charge is 0.162 e. The van der Waals surface area contributed by atoms with Crippen molar-refractivity contribution in [1.82, 2.24) is 5.16 Å². The van der Waals surface area contributed by atoms with Crippen LogP contribution >= 0.6 is 15.9 Å². The Labute approximate surface area is 95.8 Å². The molecule has 78 valence electrons. The number of hydrogen-bond donors (Lipinski definition) is 1. The van der Waals surface area contributed by atoms with Crippen molar-refractivity contribution in [3.63, 3.8) is 0 Å². The van der Waals surface area contributed by atoms with Crippen LogP contribution in [0.15, 0.2) is 33.3 Å². The summed E-state index contributed by atoms with van der Waals surface area (Å²) in [4.78, 5) is 0. The van der Waals surface area contributed by atoms with Crippen LogP contribution in [-0.4, -0.2) is 10.3 Å². The first-order chi connectivity index (χ1) is 7.20. The van der Waals surface area contributed by atoms with E-state index in [2.05, 4.69) is 21.1 Å². The van der Waals surface area contributed by atoms with Crippen molar-refractivity contribution in [2.75, 3.05) is 0 Å². The second-order valence-electron chi connectivity index (χ2n) is 3.32. The minimum Gasteiger partial charge on any atom is -0.388 e.